The largest absolute Gasteiger partial charge is 0.343 e. The van der Waals surface area contributed by atoms with E-state index in [9.17, 15) is 9.59 Å². The third kappa shape index (κ3) is 5.19. The number of carbonyl (C=O) groups excluding carboxylic acids is 2. The highest BCUT2D eigenvalue weighted by atomic mass is 32.2. The quantitative estimate of drug-likeness (QED) is 0.852. The first-order valence-corrected chi connectivity index (χ1v) is 10.1. The van der Waals surface area contributed by atoms with E-state index in [1.54, 1.807) is 6.20 Å². The molecule has 2 amide bonds. The van der Waals surface area contributed by atoms with E-state index in [1.807, 2.05) is 35.7 Å². The number of piperidine rings is 1. The molecule has 2 N–H and O–H groups in total. The fraction of sp³-hybridized carbons (Fsp3) is 0.611. The van der Waals surface area contributed by atoms with Gasteiger partial charge in [-0.25, -0.2) is 4.98 Å². The first kappa shape index (κ1) is 18.2. The average Bonchev–Trinajstić information content (AvgIpc) is 2.64. The number of likely N-dealkylation sites (tertiary alicyclic amines) is 1. The molecule has 7 heteroatoms. The first-order chi connectivity index (χ1) is 12.1. The van der Waals surface area contributed by atoms with E-state index in [4.69, 9.17) is 0 Å². The Morgan fingerprint density at radius 2 is 2.16 bits per heavy atom. The molecule has 0 bridgehead atoms. The number of nitrogens with zero attached hydrogens (tertiary/aromatic N) is 2. The Morgan fingerprint density at radius 3 is 2.80 bits per heavy atom. The molecule has 6 nitrogen and oxygen atoms in total. The van der Waals surface area contributed by atoms with Crippen LogP contribution in [0.2, 0.25) is 0 Å². The molecule has 1 unspecified atom stereocenters. The molecule has 0 spiro atoms. The molecule has 2 saturated heterocycles. The van der Waals surface area contributed by atoms with E-state index in [0.29, 0.717) is 31.4 Å². The number of pyridine rings is 1. The van der Waals surface area contributed by atoms with Crippen molar-refractivity contribution in [1.82, 2.24) is 15.2 Å². The van der Waals surface area contributed by atoms with Gasteiger partial charge in [-0.1, -0.05) is 6.07 Å². The summed E-state index contributed by atoms with van der Waals surface area (Å²) in [6.07, 6.45) is 3.75. The van der Waals surface area contributed by atoms with Crippen LogP contribution in [0.5, 0.6) is 0 Å². The van der Waals surface area contributed by atoms with Gasteiger partial charge >= 0.3 is 0 Å². The normalized spacial score (nSPS) is 21.8. The Kier molecular flexibility index (Phi) is 6.31. The molecule has 0 saturated carbocycles. The van der Waals surface area contributed by atoms with Crippen molar-refractivity contribution in [3.63, 3.8) is 0 Å². The molecule has 2 fully saturated rings. The lowest BCUT2D eigenvalue weighted by molar-refractivity contribution is -0.134. The van der Waals surface area contributed by atoms with Crippen LogP contribution in [0, 0.1) is 12.8 Å². The van der Waals surface area contributed by atoms with Crippen LogP contribution in [0.4, 0.5) is 5.82 Å². The molecule has 2 aliphatic heterocycles. The Bertz CT molecular complexity index is 594. The highest BCUT2D eigenvalue weighted by Crippen LogP contribution is 2.20. The maximum absolute atomic E-state index is 12.4. The van der Waals surface area contributed by atoms with Crippen LogP contribution in [0.15, 0.2) is 18.3 Å². The van der Waals surface area contributed by atoms with Crippen LogP contribution in [-0.2, 0) is 9.59 Å². The van der Waals surface area contributed by atoms with Crippen LogP contribution in [0.3, 0.4) is 0 Å². The van der Waals surface area contributed by atoms with Crippen molar-refractivity contribution < 1.29 is 9.59 Å². The summed E-state index contributed by atoms with van der Waals surface area (Å²) in [4.78, 5) is 30.9. The zero-order valence-corrected chi connectivity index (χ0v) is 15.5. The third-order valence-electron chi connectivity index (χ3n) is 4.80. The number of rotatable bonds is 4. The van der Waals surface area contributed by atoms with Gasteiger partial charge in [-0.05, 0) is 31.4 Å². The predicted molar refractivity (Wildman–Crippen MR) is 101 cm³/mol. The summed E-state index contributed by atoms with van der Waals surface area (Å²) in [5.74, 6) is 2.90. The number of hydrogen-bond donors (Lipinski definition) is 2. The summed E-state index contributed by atoms with van der Waals surface area (Å²) < 4.78 is 0. The minimum Gasteiger partial charge on any atom is -0.343 e. The van der Waals surface area contributed by atoms with Gasteiger partial charge in [0.1, 0.15) is 5.82 Å². The number of anilines is 1. The minimum atomic E-state index is -0.0458. The lowest BCUT2D eigenvalue weighted by atomic mass is 9.95. The number of hydrogen-bond acceptors (Lipinski definition) is 5. The summed E-state index contributed by atoms with van der Waals surface area (Å²) in [7, 11) is 0. The average molecular weight is 362 g/mol. The van der Waals surface area contributed by atoms with Gasteiger partial charge in [0.15, 0.2) is 0 Å². The van der Waals surface area contributed by atoms with E-state index in [1.165, 1.54) is 0 Å². The molecule has 0 aromatic carbocycles. The van der Waals surface area contributed by atoms with Crippen molar-refractivity contribution in [2.24, 2.45) is 5.92 Å². The lowest BCUT2D eigenvalue weighted by Crippen LogP contribution is -2.45. The molecule has 0 aliphatic carbocycles. The summed E-state index contributed by atoms with van der Waals surface area (Å²) in [5.41, 5.74) is 1.07. The monoisotopic (exact) mass is 362 g/mol. The highest BCUT2D eigenvalue weighted by molar-refractivity contribution is 7.99. The zero-order valence-electron chi connectivity index (χ0n) is 14.7. The van der Waals surface area contributed by atoms with Gasteiger partial charge in [-0.2, -0.15) is 11.8 Å². The molecule has 1 aromatic heterocycles. The molecule has 3 heterocycles. The summed E-state index contributed by atoms with van der Waals surface area (Å²) in [5, 5.41) is 6.29. The molecule has 1 atom stereocenters. The second-order valence-corrected chi connectivity index (χ2v) is 7.95. The summed E-state index contributed by atoms with van der Waals surface area (Å²) in [6, 6.07) is 4.04. The molecule has 1 aromatic rings. The van der Waals surface area contributed by atoms with E-state index < -0.39 is 0 Å². The Labute approximate surface area is 153 Å². The van der Waals surface area contributed by atoms with Gasteiger partial charge in [-0.3, -0.25) is 9.59 Å². The topological polar surface area (TPSA) is 74.3 Å². The van der Waals surface area contributed by atoms with Gasteiger partial charge in [0.2, 0.25) is 11.8 Å². The van der Waals surface area contributed by atoms with Crippen molar-refractivity contribution >= 4 is 29.4 Å². The number of nitrogens with one attached hydrogen (secondary N) is 2. The Hall–Kier alpha value is -1.60. The van der Waals surface area contributed by atoms with Gasteiger partial charge in [0, 0.05) is 55.7 Å². The second-order valence-electron chi connectivity index (χ2n) is 6.80. The fourth-order valence-electron chi connectivity index (χ4n) is 3.25. The number of amides is 2. The fourth-order valence-corrected chi connectivity index (χ4v) is 4.20. The van der Waals surface area contributed by atoms with Crippen LogP contribution < -0.4 is 10.6 Å². The Balaban J connectivity index is 1.43. The molecular weight excluding hydrogens is 336 g/mol. The maximum Gasteiger partial charge on any atom is 0.228 e. The number of aromatic nitrogens is 1. The van der Waals surface area contributed by atoms with Crippen molar-refractivity contribution in [2.75, 3.05) is 36.5 Å². The minimum absolute atomic E-state index is 0.00815. The van der Waals surface area contributed by atoms with Gasteiger partial charge in [0.05, 0.1) is 0 Å². The predicted octanol–water partition coefficient (Wildman–Crippen LogP) is 1.66. The van der Waals surface area contributed by atoms with Crippen molar-refractivity contribution in [1.29, 1.82) is 0 Å². The maximum atomic E-state index is 12.4. The van der Waals surface area contributed by atoms with Crippen molar-refractivity contribution in [3.05, 3.63) is 23.9 Å². The third-order valence-corrected chi connectivity index (χ3v) is 5.93. The molecule has 3 rings (SSSR count). The van der Waals surface area contributed by atoms with E-state index >= 15 is 0 Å². The molecule has 2 aliphatic rings. The molecule has 0 radical (unpaired) electrons. The van der Waals surface area contributed by atoms with Crippen LogP contribution in [0.25, 0.3) is 0 Å². The zero-order chi connectivity index (χ0) is 17.6. The van der Waals surface area contributed by atoms with Gasteiger partial charge in [0.25, 0.3) is 0 Å². The summed E-state index contributed by atoms with van der Waals surface area (Å²) >= 11 is 1.91. The van der Waals surface area contributed by atoms with Crippen molar-refractivity contribution in [2.45, 2.75) is 32.2 Å². The van der Waals surface area contributed by atoms with Crippen molar-refractivity contribution in [3.8, 4) is 0 Å². The number of carbonyl (C=O) groups is 2. The number of thioether (sulfide) groups is 1. The lowest BCUT2D eigenvalue weighted by Gasteiger charge is -2.33. The molecule has 136 valence electrons. The standard InChI is InChI=1S/C18H26N4O2S/c1-13-2-3-16(20-11-13)21-18(24)14-4-7-22(8-5-14)17(23)10-15-12-25-9-6-19-15/h2-3,11,14-15,19H,4-10,12H2,1H3,(H,20,21,24). The first-order valence-electron chi connectivity index (χ1n) is 8.94. The van der Waals surface area contributed by atoms with Crippen LogP contribution >= 0.6 is 11.8 Å². The van der Waals surface area contributed by atoms with Crippen LogP contribution in [-0.4, -0.2) is 58.9 Å². The highest BCUT2D eigenvalue weighted by Gasteiger charge is 2.28. The number of aryl methyl sites for hydroxylation is 1. The Morgan fingerprint density at radius 1 is 1.36 bits per heavy atom. The summed E-state index contributed by atoms with van der Waals surface area (Å²) in [6.45, 7) is 4.28. The van der Waals surface area contributed by atoms with Gasteiger partial charge in [-0.15, -0.1) is 0 Å². The molecular formula is C18H26N4O2S. The van der Waals surface area contributed by atoms with Crippen LogP contribution in [0.1, 0.15) is 24.8 Å². The van der Waals surface area contributed by atoms with E-state index in [0.717, 1.165) is 36.5 Å². The molecule has 25 heavy (non-hydrogen) atoms. The second kappa shape index (κ2) is 8.67. The van der Waals surface area contributed by atoms with E-state index in [-0.39, 0.29) is 17.7 Å². The smallest absolute Gasteiger partial charge is 0.228 e. The SMILES string of the molecule is Cc1ccc(NC(=O)C2CCN(C(=O)CC3CSCCN3)CC2)nc1. The van der Waals surface area contributed by atoms with E-state index in [2.05, 4.69) is 15.6 Å². The van der Waals surface area contributed by atoms with Gasteiger partial charge < -0.3 is 15.5 Å².